The first-order valence-corrected chi connectivity index (χ1v) is 10.4. The van der Waals surface area contributed by atoms with Gasteiger partial charge in [-0.05, 0) is 66.3 Å². The van der Waals surface area contributed by atoms with Crippen LogP contribution >= 0.6 is 0 Å². The first kappa shape index (κ1) is 20.8. The second-order valence-corrected chi connectivity index (χ2v) is 7.46. The van der Waals surface area contributed by atoms with E-state index in [0.717, 1.165) is 43.2 Å². The largest absolute Gasteiger partial charge is 0.494 e. The molecule has 0 heterocycles. The topological polar surface area (TPSA) is 30.5 Å². The summed E-state index contributed by atoms with van der Waals surface area (Å²) in [5.74, 6) is 2.36. The van der Waals surface area contributed by atoms with Crippen molar-refractivity contribution in [3.05, 3.63) is 90.0 Å². The van der Waals surface area contributed by atoms with Crippen molar-refractivity contribution in [2.24, 2.45) is 0 Å². The van der Waals surface area contributed by atoms with Crippen molar-refractivity contribution < 1.29 is 9.47 Å². The Morgan fingerprint density at radius 1 is 0.724 bits per heavy atom. The van der Waals surface area contributed by atoms with Crippen LogP contribution in [-0.4, -0.2) is 19.8 Å². The van der Waals surface area contributed by atoms with E-state index < -0.39 is 0 Å². The minimum atomic E-state index is 0.543. The lowest BCUT2D eigenvalue weighted by molar-refractivity contribution is 0.311. The summed E-state index contributed by atoms with van der Waals surface area (Å²) in [6.07, 6.45) is 2.06. The third kappa shape index (κ3) is 7.19. The van der Waals surface area contributed by atoms with Crippen LogP contribution in [0, 0.1) is 0 Å². The van der Waals surface area contributed by atoms with E-state index in [9.17, 15) is 0 Å². The maximum atomic E-state index is 5.84. The van der Waals surface area contributed by atoms with Gasteiger partial charge in [-0.25, -0.2) is 0 Å². The molecule has 0 unspecified atom stereocenters. The molecule has 152 valence electrons. The molecule has 0 aromatic heterocycles. The molecule has 0 radical (unpaired) electrons. The second kappa shape index (κ2) is 11.2. The van der Waals surface area contributed by atoms with Crippen molar-refractivity contribution in [1.82, 2.24) is 0 Å². The Kier molecular flexibility index (Phi) is 8.00. The fraction of sp³-hybridized carbons (Fsp3) is 0.308. The van der Waals surface area contributed by atoms with E-state index in [4.69, 9.17) is 9.47 Å². The molecule has 0 fully saturated rings. The second-order valence-electron chi connectivity index (χ2n) is 7.46. The predicted octanol–water partition coefficient (Wildman–Crippen LogP) is 6.31. The van der Waals surface area contributed by atoms with Crippen LogP contribution in [0.4, 0.5) is 5.69 Å². The van der Waals surface area contributed by atoms with E-state index >= 15 is 0 Å². The van der Waals surface area contributed by atoms with E-state index in [1.807, 2.05) is 42.5 Å². The van der Waals surface area contributed by atoms with Crippen molar-refractivity contribution in [3.8, 4) is 11.5 Å². The number of hydrogen-bond acceptors (Lipinski definition) is 3. The third-order valence-electron chi connectivity index (χ3n) is 4.82. The average molecular weight is 390 g/mol. The summed E-state index contributed by atoms with van der Waals surface area (Å²) in [5.41, 5.74) is 3.76. The molecule has 3 heteroatoms. The fourth-order valence-corrected chi connectivity index (χ4v) is 3.09. The lowest BCUT2D eigenvalue weighted by atomic mass is 10.0. The number of rotatable bonds is 11. The fourth-order valence-electron chi connectivity index (χ4n) is 3.09. The van der Waals surface area contributed by atoms with Gasteiger partial charge in [-0.15, -0.1) is 0 Å². The molecule has 0 amide bonds. The number of anilines is 1. The molecule has 3 nitrogen and oxygen atoms in total. The Bertz CT molecular complexity index is 827. The normalized spacial score (nSPS) is 10.7. The van der Waals surface area contributed by atoms with Crippen molar-refractivity contribution in [2.75, 3.05) is 25.1 Å². The van der Waals surface area contributed by atoms with Gasteiger partial charge >= 0.3 is 0 Å². The smallest absolute Gasteiger partial charge is 0.119 e. The summed E-state index contributed by atoms with van der Waals surface area (Å²) in [6.45, 7) is 6.49. The van der Waals surface area contributed by atoms with Crippen molar-refractivity contribution in [3.63, 3.8) is 0 Å². The zero-order valence-corrected chi connectivity index (χ0v) is 17.4. The molecule has 0 saturated carbocycles. The molecule has 3 rings (SSSR count). The standard InChI is InChI=1S/C26H31NO2/c1-21(2)23-10-14-25(15-11-23)29-20-18-27-24-12-16-26(17-13-24)28-19-6-9-22-7-4-3-5-8-22/h3-5,7-8,10-17,21,27H,6,9,18-20H2,1-2H3. The van der Waals surface area contributed by atoms with Crippen LogP contribution in [0.15, 0.2) is 78.9 Å². The number of nitrogens with one attached hydrogen (secondary N) is 1. The van der Waals surface area contributed by atoms with Gasteiger partial charge < -0.3 is 14.8 Å². The third-order valence-corrected chi connectivity index (χ3v) is 4.82. The lowest BCUT2D eigenvalue weighted by Gasteiger charge is -2.11. The predicted molar refractivity (Wildman–Crippen MR) is 121 cm³/mol. The van der Waals surface area contributed by atoms with Gasteiger partial charge in [0.05, 0.1) is 6.61 Å². The van der Waals surface area contributed by atoms with Crippen LogP contribution in [0.1, 0.15) is 37.3 Å². The molecule has 0 spiro atoms. The molecule has 0 aliphatic carbocycles. The van der Waals surface area contributed by atoms with Crippen LogP contribution in [0.3, 0.4) is 0 Å². The lowest BCUT2D eigenvalue weighted by Crippen LogP contribution is -2.11. The van der Waals surface area contributed by atoms with Crippen molar-refractivity contribution in [1.29, 1.82) is 0 Å². The molecular weight excluding hydrogens is 358 g/mol. The Morgan fingerprint density at radius 2 is 1.34 bits per heavy atom. The number of ether oxygens (including phenoxy) is 2. The van der Waals surface area contributed by atoms with E-state index in [0.29, 0.717) is 12.5 Å². The summed E-state index contributed by atoms with van der Waals surface area (Å²) in [6, 6.07) is 27.0. The van der Waals surface area contributed by atoms with Gasteiger partial charge in [-0.2, -0.15) is 0 Å². The monoisotopic (exact) mass is 389 g/mol. The molecule has 0 aliphatic rings. The Labute approximate surface area is 174 Å². The van der Waals surface area contributed by atoms with Crippen molar-refractivity contribution >= 4 is 5.69 Å². The van der Waals surface area contributed by atoms with Gasteiger partial charge in [0.15, 0.2) is 0 Å². The highest BCUT2D eigenvalue weighted by molar-refractivity contribution is 5.46. The molecular formula is C26H31NO2. The van der Waals surface area contributed by atoms with Crippen LogP contribution in [0.2, 0.25) is 0 Å². The minimum Gasteiger partial charge on any atom is -0.494 e. The van der Waals surface area contributed by atoms with Gasteiger partial charge in [0.2, 0.25) is 0 Å². The quantitative estimate of drug-likeness (QED) is 0.390. The maximum absolute atomic E-state index is 5.84. The van der Waals surface area contributed by atoms with Gasteiger partial charge in [0, 0.05) is 12.2 Å². The van der Waals surface area contributed by atoms with Gasteiger partial charge in [0.25, 0.3) is 0 Å². The summed E-state index contributed by atoms with van der Waals surface area (Å²) in [7, 11) is 0. The van der Waals surface area contributed by atoms with Crippen molar-refractivity contribution in [2.45, 2.75) is 32.6 Å². The maximum Gasteiger partial charge on any atom is 0.119 e. The van der Waals surface area contributed by atoms with Gasteiger partial charge in [0.1, 0.15) is 18.1 Å². The molecule has 0 saturated heterocycles. The van der Waals surface area contributed by atoms with E-state index in [1.165, 1.54) is 11.1 Å². The zero-order chi connectivity index (χ0) is 20.3. The first-order chi connectivity index (χ1) is 14.2. The molecule has 3 aromatic carbocycles. The first-order valence-electron chi connectivity index (χ1n) is 10.4. The summed E-state index contributed by atoms with van der Waals surface area (Å²) in [4.78, 5) is 0. The van der Waals surface area contributed by atoms with Crippen LogP contribution in [-0.2, 0) is 6.42 Å². The van der Waals surface area contributed by atoms with Crippen LogP contribution in [0.25, 0.3) is 0 Å². The highest BCUT2D eigenvalue weighted by atomic mass is 16.5. The molecule has 1 N–H and O–H groups in total. The summed E-state index contributed by atoms with van der Waals surface area (Å²) in [5, 5.41) is 3.38. The Hall–Kier alpha value is -2.94. The van der Waals surface area contributed by atoms with E-state index in [1.54, 1.807) is 0 Å². The molecule has 0 aliphatic heterocycles. The highest BCUT2D eigenvalue weighted by Gasteiger charge is 2.00. The Morgan fingerprint density at radius 3 is 2.00 bits per heavy atom. The summed E-state index contributed by atoms with van der Waals surface area (Å²) >= 11 is 0. The SMILES string of the molecule is CC(C)c1ccc(OCCNc2ccc(OCCCc3ccccc3)cc2)cc1. The van der Waals surface area contributed by atoms with Gasteiger partial charge in [-0.1, -0.05) is 56.3 Å². The molecule has 0 bridgehead atoms. The van der Waals surface area contributed by atoms with E-state index in [-0.39, 0.29) is 0 Å². The van der Waals surface area contributed by atoms with Crippen LogP contribution in [0.5, 0.6) is 11.5 Å². The molecule has 3 aromatic rings. The number of hydrogen-bond donors (Lipinski definition) is 1. The number of aryl methyl sites for hydroxylation is 1. The van der Waals surface area contributed by atoms with Gasteiger partial charge in [-0.3, -0.25) is 0 Å². The highest BCUT2D eigenvalue weighted by Crippen LogP contribution is 2.19. The zero-order valence-electron chi connectivity index (χ0n) is 17.4. The Balaban J connectivity index is 1.31. The average Bonchev–Trinajstić information content (AvgIpc) is 2.76. The number of benzene rings is 3. The van der Waals surface area contributed by atoms with Crippen LogP contribution < -0.4 is 14.8 Å². The minimum absolute atomic E-state index is 0.543. The summed E-state index contributed by atoms with van der Waals surface area (Å²) < 4.78 is 11.6. The molecule has 29 heavy (non-hydrogen) atoms. The van der Waals surface area contributed by atoms with E-state index in [2.05, 4.69) is 55.6 Å². The molecule has 0 atom stereocenters.